The highest BCUT2D eigenvalue weighted by Gasteiger charge is 2.13. The molecule has 0 aliphatic rings. The summed E-state index contributed by atoms with van der Waals surface area (Å²) >= 11 is 0. The summed E-state index contributed by atoms with van der Waals surface area (Å²) < 4.78 is 5.87. The van der Waals surface area contributed by atoms with Gasteiger partial charge in [0, 0.05) is 36.9 Å². The molecule has 0 atom stereocenters. The topological polar surface area (TPSA) is 104 Å². The molecule has 0 unspecified atom stereocenters. The number of ether oxygens (including phenoxy) is 1. The third-order valence-corrected chi connectivity index (χ3v) is 4.40. The Balaban J connectivity index is 1.51. The average molecular weight is 389 g/mol. The van der Waals surface area contributed by atoms with Crippen LogP contribution < -0.4 is 4.74 Å². The Morgan fingerprint density at radius 2 is 1.97 bits per heavy atom. The standard InChI is InChI=1S/C21H19N5O3/c1-26(8-9-27)21(28)18-5-3-16(12-24-18)29-15-2-4-17-14(10-15)11-19(25-17)20-13-22-6-7-23-20/h2-7,10-13,25,27H,8-9H2,1H3. The highest BCUT2D eigenvalue weighted by Crippen LogP contribution is 2.28. The Bertz CT molecular complexity index is 1130. The molecule has 29 heavy (non-hydrogen) atoms. The van der Waals surface area contributed by atoms with Crippen molar-refractivity contribution in [2.24, 2.45) is 0 Å². The molecule has 0 fully saturated rings. The maximum atomic E-state index is 12.2. The van der Waals surface area contributed by atoms with Crippen molar-refractivity contribution in [2.45, 2.75) is 0 Å². The number of likely N-dealkylation sites (N-methyl/N-ethyl adjacent to an activating group) is 1. The van der Waals surface area contributed by atoms with Crippen LogP contribution in [0.15, 0.2) is 61.2 Å². The van der Waals surface area contributed by atoms with Crippen molar-refractivity contribution in [2.75, 3.05) is 20.2 Å². The second kappa shape index (κ2) is 8.07. The van der Waals surface area contributed by atoms with Gasteiger partial charge in [-0.3, -0.25) is 14.8 Å². The molecule has 1 aromatic carbocycles. The highest BCUT2D eigenvalue weighted by molar-refractivity contribution is 5.92. The van der Waals surface area contributed by atoms with E-state index in [1.54, 1.807) is 37.8 Å². The molecule has 0 spiro atoms. The summed E-state index contributed by atoms with van der Waals surface area (Å²) in [5.41, 5.74) is 2.90. The number of hydrogen-bond donors (Lipinski definition) is 2. The average Bonchev–Trinajstić information content (AvgIpc) is 3.18. The molecule has 146 valence electrons. The number of aliphatic hydroxyl groups is 1. The van der Waals surface area contributed by atoms with Crippen molar-refractivity contribution in [1.82, 2.24) is 24.8 Å². The zero-order chi connectivity index (χ0) is 20.2. The number of rotatable bonds is 6. The Morgan fingerprint density at radius 1 is 1.10 bits per heavy atom. The summed E-state index contributed by atoms with van der Waals surface area (Å²) in [5, 5.41) is 9.92. The Labute approximate surface area is 166 Å². The van der Waals surface area contributed by atoms with E-state index in [4.69, 9.17) is 9.84 Å². The number of benzene rings is 1. The summed E-state index contributed by atoms with van der Waals surface area (Å²) in [6, 6.07) is 11.0. The first-order valence-electron chi connectivity index (χ1n) is 9.03. The fourth-order valence-electron chi connectivity index (χ4n) is 2.90. The molecule has 3 aromatic heterocycles. The number of amides is 1. The number of aromatic nitrogens is 4. The second-order valence-electron chi connectivity index (χ2n) is 6.45. The van der Waals surface area contributed by atoms with Crippen molar-refractivity contribution in [1.29, 1.82) is 0 Å². The summed E-state index contributed by atoms with van der Waals surface area (Å²) in [7, 11) is 1.62. The molecule has 4 aromatic rings. The minimum atomic E-state index is -0.254. The third-order valence-electron chi connectivity index (χ3n) is 4.40. The van der Waals surface area contributed by atoms with Crippen LogP contribution in [0.1, 0.15) is 10.5 Å². The van der Waals surface area contributed by atoms with E-state index in [9.17, 15) is 4.79 Å². The van der Waals surface area contributed by atoms with E-state index < -0.39 is 0 Å². The van der Waals surface area contributed by atoms with E-state index in [2.05, 4.69) is 19.9 Å². The van der Waals surface area contributed by atoms with Gasteiger partial charge in [-0.2, -0.15) is 0 Å². The number of nitrogens with zero attached hydrogens (tertiary/aromatic N) is 4. The maximum Gasteiger partial charge on any atom is 0.272 e. The van der Waals surface area contributed by atoms with Gasteiger partial charge < -0.3 is 19.7 Å². The monoisotopic (exact) mass is 389 g/mol. The van der Waals surface area contributed by atoms with E-state index in [1.165, 1.54) is 11.1 Å². The van der Waals surface area contributed by atoms with Crippen LogP contribution in [0.25, 0.3) is 22.3 Å². The lowest BCUT2D eigenvalue weighted by Gasteiger charge is -2.15. The summed E-state index contributed by atoms with van der Waals surface area (Å²) in [5.74, 6) is 0.923. The van der Waals surface area contributed by atoms with Crippen LogP contribution in [0.5, 0.6) is 11.5 Å². The molecule has 1 amide bonds. The first-order valence-corrected chi connectivity index (χ1v) is 9.03. The second-order valence-corrected chi connectivity index (χ2v) is 6.45. The number of carbonyl (C=O) groups is 1. The quantitative estimate of drug-likeness (QED) is 0.525. The van der Waals surface area contributed by atoms with Crippen LogP contribution in [0.3, 0.4) is 0 Å². The minimum absolute atomic E-state index is 0.0936. The van der Waals surface area contributed by atoms with Gasteiger partial charge in [-0.05, 0) is 36.4 Å². The number of nitrogens with one attached hydrogen (secondary N) is 1. The molecule has 2 N–H and O–H groups in total. The van der Waals surface area contributed by atoms with Gasteiger partial charge >= 0.3 is 0 Å². The van der Waals surface area contributed by atoms with Crippen LogP contribution in [-0.2, 0) is 0 Å². The molecule has 0 radical (unpaired) electrons. The van der Waals surface area contributed by atoms with Crippen molar-refractivity contribution in [3.05, 3.63) is 66.9 Å². The van der Waals surface area contributed by atoms with Crippen molar-refractivity contribution in [3.8, 4) is 22.9 Å². The van der Waals surface area contributed by atoms with E-state index in [-0.39, 0.29) is 19.1 Å². The zero-order valence-corrected chi connectivity index (χ0v) is 15.7. The van der Waals surface area contributed by atoms with Crippen molar-refractivity contribution < 1.29 is 14.6 Å². The number of aliphatic hydroxyl groups excluding tert-OH is 1. The lowest BCUT2D eigenvalue weighted by atomic mass is 10.2. The molecule has 8 nitrogen and oxygen atoms in total. The first kappa shape index (κ1) is 18.6. The summed E-state index contributed by atoms with van der Waals surface area (Å²) in [6.45, 7) is 0.162. The van der Waals surface area contributed by atoms with Gasteiger partial charge in [0.05, 0.1) is 24.7 Å². The molecule has 0 aliphatic heterocycles. The van der Waals surface area contributed by atoms with Gasteiger partial charge in [0.1, 0.15) is 22.9 Å². The van der Waals surface area contributed by atoms with E-state index >= 15 is 0 Å². The maximum absolute atomic E-state index is 12.2. The molecule has 0 saturated heterocycles. The van der Waals surface area contributed by atoms with Gasteiger partial charge in [0.2, 0.25) is 0 Å². The van der Waals surface area contributed by atoms with Gasteiger partial charge in [-0.1, -0.05) is 0 Å². The molecule has 3 heterocycles. The van der Waals surface area contributed by atoms with Crippen LogP contribution in [0, 0.1) is 0 Å². The minimum Gasteiger partial charge on any atom is -0.456 e. The Hall–Kier alpha value is -3.78. The number of carbonyl (C=O) groups excluding carboxylic acids is 1. The third kappa shape index (κ3) is 4.07. The highest BCUT2D eigenvalue weighted by atomic mass is 16.5. The summed E-state index contributed by atoms with van der Waals surface area (Å²) in [6.07, 6.45) is 6.49. The van der Waals surface area contributed by atoms with Gasteiger partial charge in [-0.15, -0.1) is 0 Å². The van der Waals surface area contributed by atoms with Crippen LogP contribution >= 0.6 is 0 Å². The fourth-order valence-corrected chi connectivity index (χ4v) is 2.90. The molecule has 8 heteroatoms. The van der Waals surface area contributed by atoms with Crippen molar-refractivity contribution >= 4 is 16.8 Å². The van der Waals surface area contributed by atoms with Crippen LogP contribution in [0.4, 0.5) is 0 Å². The predicted molar refractivity (Wildman–Crippen MR) is 108 cm³/mol. The van der Waals surface area contributed by atoms with Gasteiger partial charge in [0.15, 0.2) is 0 Å². The largest absolute Gasteiger partial charge is 0.456 e. The SMILES string of the molecule is CN(CCO)C(=O)c1ccc(Oc2ccc3[nH]c(-c4cnccn4)cc3c2)cn1. The van der Waals surface area contributed by atoms with Crippen molar-refractivity contribution in [3.63, 3.8) is 0 Å². The van der Waals surface area contributed by atoms with Crippen LogP contribution in [-0.4, -0.2) is 56.0 Å². The normalized spacial score (nSPS) is 10.8. The lowest BCUT2D eigenvalue weighted by Crippen LogP contribution is -2.30. The molecule has 0 bridgehead atoms. The van der Waals surface area contributed by atoms with E-state index in [0.29, 0.717) is 17.2 Å². The molecular formula is C21H19N5O3. The number of aromatic amines is 1. The lowest BCUT2D eigenvalue weighted by molar-refractivity contribution is 0.0761. The predicted octanol–water partition coefficient (Wildman–Crippen LogP) is 2.88. The number of H-pyrrole nitrogens is 1. The number of pyridine rings is 1. The van der Waals surface area contributed by atoms with Gasteiger partial charge in [-0.25, -0.2) is 4.98 Å². The van der Waals surface area contributed by atoms with E-state index in [1.807, 2.05) is 24.3 Å². The Kier molecular flexibility index (Phi) is 5.17. The number of hydrogen-bond acceptors (Lipinski definition) is 6. The van der Waals surface area contributed by atoms with Gasteiger partial charge in [0.25, 0.3) is 5.91 Å². The number of fused-ring (bicyclic) bond motifs is 1. The summed E-state index contributed by atoms with van der Waals surface area (Å²) in [4.78, 5) is 29.5. The van der Waals surface area contributed by atoms with Crippen LogP contribution in [0.2, 0.25) is 0 Å². The first-order chi connectivity index (χ1) is 14.1. The molecular weight excluding hydrogens is 370 g/mol. The molecule has 4 rings (SSSR count). The zero-order valence-electron chi connectivity index (χ0n) is 15.7. The van der Waals surface area contributed by atoms with E-state index in [0.717, 1.165) is 22.3 Å². The Morgan fingerprint density at radius 3 is 2.69 bits per heavy atom. The smallest absolute Gasteiger partial charge is 0.272 e. The molecule has 0 aliphatic carbocycles. The molecule has 0 saturated carbocycles. The fraction of sp³-hybridized carbons (Fsp3) is 0.143.